The highest BCUT2D eigenvalue weighted by Gasteiger charge is 2.26. The van der Waals surface area contributed by atoms with Gasteiger partial charge in [0, 0.05) is 31.4 Å². The first-order chi connectivity index (χ1) is 12.9. The van der Waals surface area contributed by atoms with Crippen LogP contribution < -0.4 is 16.0 Å². The first kappa shape index (κ1) is 19.1. The van der Waals surface area contributed by atoms with Crippen LogP contribution in [0.3, 0.4) is 0 Å². The Labute approximate surface area is 159 Å². The topological polar surface area (TPSA) is 84.1 Å². The van der Waals surface area contributed by atoms with Crippen LogP contribution in [0.15, 0.2) is 18.3 Å². The minimum atomic E-state index is -0.602. The third kappa shape index (κ3) is 4.02. The fraction of sp³-hybridized carbons (Fsp3) is 0.450. The van der Waals surface area contributed by atoms with Gasteiger partial charge in [-0.1, -0.05) is 19.3 Å². The number of rotatable bonds is 5. The second-order valence-corrected chi connectivity index (χ2v) is 7.30. The Bertz CT molecular complexity index is 847. The quantitative estimate of drug-likeness (QED) is 0.833. The maximum Gasteiger partial charge on any atom is 0.250 e. The number of hydrogen-bond donors (Lipinski definition) is 2. The molecule has 2 aromatic rings. The van der Waals surface area contributed by atoms with Crippen molar-refractivity contribution in [3.63, 3.8) is 0 Å². The molecule has 1 aromatic heterocycles. The van der Waals surface area contributed by atoms with E-state index in [1.54, 1.807) is 6.20 Å². The molecule has 1 saturated carbocycles. The van der Waals surface area contributed by atoms with Crippen LogP contribution >= 0.6 is 0 Å². The van der Waals surface area contributed by atoms with E-state index >= 15 is 0 Å². The van der Waals surface area contributed by atoms with E-state index in [0.717, 1.165) is 43.5 Å². The van der Waals surface area contributed by atoms with Crippen molar-refractivity contribution in [1.29, 1.82) is 0 Å². The zero-order chi connectivity index (χ0) is 19.6. The summed E-state index contributed by atoms with van der Waals surface area (Å²) in [6.07, 6.45) is 6.75. The number of aryl methyl sites for hydroxylation is 1. The number of aromatic nitrogens is 2. The molecular formula is C20H26FN5O. The Hall–Kier alpha value is -2.70. The second kappa shape index (κ2) is 7.90. The van der Waals surface area contributed by atoms with E-state index in [1.165, 1.54) is 12.1 Å². The summed E-state index contributed by atoms with van der Waals surface area (Å²) in [5.74, 6) is 0.196. The normalized spacial score (nSPS) is 14.8. The van der Waals surface area contributed by atoms with Crippen molar-refractivity contribution in [2.75, 3.05) is 24.3 Å². The second-order valence-electron chi connectivity index (χ2n) is 7.30. The summed E-state index contributed by atoms with van der Waals surface area (Å²) in [4.78, 5) is 22.7. The number of hydrogen-bond acceptors (Lipinski definition) is 5. The molecule has 0 spiro atoms. The monoisotopic (exact) mass is 371 g/mol. The van der Waals surface area contributed by atoms with Crippen LogP contribution in [0.2, 0.25) is 0 Å². The largest absolute Gasteiger partial charge is 0.366 e. The number of nitrogens with zero attached hydrogens (tertiary/aromatic N) is 3. The number of amides is 1. The third-order valence-corrected chi connectivity index (χ3v) is 5.08. The van der Waals surface area contributed by atoms with E-state index < -0.39 is 5.91 Å². The number of nitrogens with two attached hydrogens (primary N) is 1. The van der Waals surface area contributed by atoms with Crippen LogP contribution in [0, 0.1) is 12.7 Å². The molecule has 0 atom stereocenters. The number of nitrogens with one attached hydrogen (secondary N) is 1. The minimum Gasteiger partial charge on any atom is -0.366 e. The number of carbonyl (C=O) groups is 1. The summed E-state index contributed by atoms with van der Waals surface area (Å²) in [5.41, 5.74) is 7.66. The van der Waals surface area contributed by atoms with E-state index in [4.69, 9.17) is 5.73 Å². The lowest BCUT2D eigenvalue weighted by Crippen LogP contribution is -2.19. The van der Waals surface area contributed by atoms with Gasteiger partial charge in [-0.15, -0.1) is 0 Å². The highest BCUT2D eigenvalue weighted by molar-refractivity contribution is 6.00. The number of carbonyl (C=O) groups excluding carboxylic acids is 1. The maximum absolute atomic E-state index is 14.8. The van der Waals surface area contributed by atoms with Crippen molar-refractivity contribution in [3.8, 4) is 0 Å². The summed E-state index contributed by atoms with van der Waals surface area (Å²) in [6.45, 7) is 1.92. The van der Waals surface area contributed by atoms with Crippen LogP contribution in [0.1, 0.15) is 59.5 Å². The van der Waals surface area contributed by atoms with Gasteiger partial charge in [-0.25, -0.2) is 9.37 Å². The smallest absolute Gasteiger partial charge is 0.250 e. The van der Waals surface area contributed by atoms with Gasteiger partial charge >= 0.3 is 0 Å². The summed E-state index contributed by atoms with van der Waals surface area (Å²) < 4.78 is 14.8. The fourth-order valence-electron chi connectivity index (χ4n) is 3.78. The molecule has 3 rings (SSSR count). The average Bonchev–Trinajstić information content (AvgIpc) is 2.63. The predicted octanol–water partition coefficient (Wildman–Crippen LogP) is 3.88. The fourth-order valence-corrected chi connectivity index (χ4v) is 3.78. The molecule has 1 aromatic carbocycles. The van der Waals surface area contributed by atoms with Crippen molar-refractivity contribution in [3.05, 3.63) is 40.8 Å². The van der Waals surface area contributed by atoms with Gasteiger partial charge in [0.1, 0.15) is 11.6 Å². The zero-order valence-corrected chi connectivity index (χ0v) is 16.1. The summed E-state index contributed by atoms with van der Waals surface area (Å²) in [5, 5.41) is 3.09. The molecule has 0 aliphatic heterocycles. The Morgan fingerprint density at radius 1 is 1.26 bits per heavy atom. The Morgan fingerprint density at radius 3 is 2.59 bits per heavy atom. The standard InChI is InChI=1S/C20H26FN5O/c1-12-11-23-20(25-19(12)26(2)3)24-17-14(18(22)27)9-10-15(21)16(17)13-7-5-4-6-8-13/h9-11,13H,4-8H2,1-3H3,(H2,22,27)(H,23,24,25). The lowest BCUT2D eigenvalue weighted by atomic mass is 9.82. The number of primary amides is 1. The summed E-state index contributed by atoms with van der Waals surface area (Å²) in [6, 6.07) is 2.75. The third-order valence-electron chi connectivity index (χ3n) is 5.08. The first-order valence-corrected chi connectivity index (χ1v) is 9.28. The molecule has 0 bridgehead atoms. The molecule has 144 valence electrons. The lowest BCUT2D eigenvalue weighted by molar-refractivity contribution is 0.100. The Morgan fingerprint density at radius 2 is 1.96 bits per heavy atom. The SMILES string of the molecule is Cc1cnc(Nc2c(C(N)=O)ccc(F)c2C2CCCCC2)nc1N(C)C. The number of anilines is 3. The minimum absolute atomic E-state index is 0.0549. The van der Waals surface area contributed by atoms with Crippen LogP contribution in [0.25, 0.3) is 0 Å². The molecule has 1 heterocycles. The van der Waals surface area contributed by atoms with Crippen molar-refractivity contribution in [1.82, 2.24) is 9.97 Å². The van der Waals surface area contributed by atoms with E-state index in [1.807, 2.05) is 25.9 Å². The van der Waals surface area contributed by atoms with Crippen molar-refractivity contribution in [2.45, 2.75) is 44.9 Å². The van der Waals surface area contributed by atoms with Crippen molar-refractivity contribution in [2.24, 2.45) is 5.73 Å². The Balaban J connectivity index is 2.09. The van der Waals surface area contributed by atoms with Gasteiger partial charge in [0.2, 0.25) is 5.95 Å². The molecule has 6 nitrogen and oxygen atoms in total. The van der Waals surface area contributed by atoms with Gasteiger partial charge in [0.15, 0.2) is 0 Å². The van der Waals surface area contributed by atoms with Gasteiger partial charge in [-0.05, 0) is 37.8 Å². The van der Waals surface area contributed by atoms with Gasteiger partial charge in [-0.2, -0.15) is 4.98 Å². The average molecular weight is 371 g/mol. The van der Waals surface area contributed by atoms with Crippen LogP contribution in [-0.4, -0.2) is 30.0 Å². The molecule has 1 fully saturated rings. The van der Waals surface area contributed by atoms with Crippen molar-refractivity contribution < 1.29 is 9.18 Å². The number of halogens is 1. The molecule has 1 aliphatic rings. The highest BCUT2D eigenvalue weighted by atomic mass is 19.1. The molecule has 7 heteroatoms. The Kier molecular flexibility index (Phi) is 5.58. The lowest BCUT2D eigenvalue weighted by Gasteiger charge is -2.26. The zero-order valence-electron chi connectivity index (χ0n) is 16.1. The van der Waals surface area contributed by atoms with E-state index in [0.29, 0.717) is 17.2 Å². The van der Waals surface area contributed by atoms with Crippen molar-refractivity contribution >= 4 is 23.4 Å². The molecule has 0 unspecified atom stereocenters. The van der Waals surface area contributed by atoms with Gasteiger partial charge in [0.05, 0.1) is 11.3 Å². The van der Waals surface area contributed by atoms with Gasteiger partial charge < -0.3 is 16.0 Å². The van der Waals surface area contributed by atoms with Gasteiger partial charge in [0.25, 0.3) is 5.91 Å². The highest BCUT2D eigenvalue weighted by Crippen LogP contribution is 2.40. The predicted molar refractivity (Wildman–Crippen MR) is 105 cm³/mol. The number of benzene rings is 1. The van der Waals surface area contributed by atoms with E-state index in [-0.39, 0.29) is 17.3 Å². The van der Waals surface area contributed by atoms with Gasteiger partial charge in [-0.3, -0.25) is 4.79 Å². The van der Waals surface area contributed by atoms with Crippen LogP contribution in [-0.2, 0) is 0 Å². The molecule has 0 radical (unpaired) electrons. The summed E-state index contributed by atoms with van der Waals surface area (Å²) >= 11 is 0. The summed E-state index contributed by atoms with van der Waals surface area (Å²) in [7, 11) is 3.78. The molecule has 1 aliphatic carbocycles. The molecule has 0 saturated heterocycles. The molecule has 1 amide bonds. The van der Waals surface area contributed by atoms with Crippen LogP contribution in [0.5, 0.6) is 0 Å². The molecular weight excluding hydrogens is 345 g/mol. The molecule has 3 N–H and O–H groups in total. The first-order valence-electron chi connectivity index (χ1n) is 9.28. The van der Waals surface area contributed by atoms with E-state index in [2.05, 4.69) is 15.3 Å². The molecule has 27 heavy (non-hydrogen) atoms. The van der Waals surface area contributed by atoms with Crippen LogP contribution in [0.4, 0.5) is 21.8 Å². The maximum atomic E-state index is 14.8. The van der Waals surface area contributed by atoms with E-state index in [9.17, 15) is 9.18 Å².